The van der Waals surface area contributed by atoms with Crippen molar-refractivity contribution in [3.63, 3.8) is 0 Å². The average molecular weight is 387 g/mol. The predicted octanol–water partition coefficient (Wildman–Crippen LogP) is 0.907. The summed E-state index contributed by atoms with van der Waals surface area (Å²) < 4.78 is 22.5. The fraction of sp³-hybridized carbons (Fsp3) is 0.263. The molecule has 0 aromatic heterocycles. The summed E-state index contributed by atoms with van der Waals surface area (Å²) in [6.07, 6.45) is 1.20. The van der Waals surface area contributed by atoms with Gasteiger partial charge in [0.05, 0.1) is 4.90 Å². The van der Waals surface area contributed by atoms with Gasteiger partial charge in [0.1, 0.15) is 6.04 Å². The number of carbonyl (C=O) groups is 2. The number of likely N-dealkylation sites (tertiary alicyclic amines) is 1. The predicted molar refractivity (Wildman–Crippen MR) is 100 cm³/mol. The Hall–Kier alpha value is -2.71. The minimum absolute atomic E-state index is 0.0554. The number of hydrogen-bond donors (Lipinski definition) is 2. The molecule has 0 aliphatic carbocycles. The first-order valence-electron chi connectivity index (χ1n) is 8.62. The minimum atomic E-state index is -3.70. The molecule has 1 fully saturated rings. The third-order valence-electron chi connectivity index (χ3n) is 4.57. The molecule has 142 valence electrons. The van der Waals surface area contributed by atoms with Gasteiger partial charge in [-0.05, 0) is 42.7 Å². The average Bonchev–Trinajstić information content (AvgIpc) is 2.61. The molecule has 3 rings (SSSR count). The van der Waals surface area contributed by atoms with E-state index in [1.54, 1.807) is 41.3 Å². The number of benzene rings is 2. The van der Waals surface area contributed by atoms with Crippen molar-refractivity contribution >= 4 is 21.8 Å². The van der Waals surface area contributed by atoms with Gasteiger partial charge < -0.3 is 10.2 Å². The third-order valence-corrected chi connectivity index (χ3v) is 5.50. The van der Waals surface area contributed by atoms with Gasteiger partial charge >= 0.3 is 0 Å². The zero-order valence-corrected chi connectivity index (χ0v) is 15.5. The van der Waals surface area contributed by atoms with Crippen LogP contribution in [0.15, 0.2) is 59.5 Å². The minimum Gasteiger partial charge on any atom is -0.354 e. The lowest BCUT2D eigenvalue weighted by Crippen LogP contribution is -2.58. The molecule has 0 bridgehead atoms. The molecular weight excluding hydrogens is 366 g/mol. The molecule has 2 aromatic carbocycles. The number of rotatable bonds is 6. The topological polar surface area (TPSA) is 110 Å². The Morgan fingerprint density at radius 1 is 1.07 bits per heavy atom. The van der Waals surface area contributed by atoms with Crippen LogP contribution in [0.1, 0.15) is 22.3 Å². The number of nitrogens with one attached hydrogen (secondary N) is 1. The van der Waals surface area contributed by atoms with Gasteiger partial charge in [-0.1, -0.05) is 30.3 Å². The van der Waals surface area contributed by atoms with Crippen molar-refractivity contribution in [3.8, 4) is 0 Å². The molecule has 1 unspecified atom stereocenters. The summed E-state index contributed by atoms with van der Waals surface area (Å²) in [7, 11) is -3.70. The first kappa shape index (κ1) is 19.1. The fourth-order valence-electron chi connectivity index (χ4n) is 2.94. The number of hydrogen-bond acceptors (Lipinski definition) is 4. The molecule has 1 heterocycles. The largest absolute Gasteiger partial charge is 0.354 e. The van der Waals surface area contributed by atoms with E-state index >= 15 is 0 Å². The van der Waals surface area contributed by atoms with E-state index in [0.29, 0.717) is 31.5 Å². The van der Waals surface area contributed by atoms with Gasteiger partial charge in [0.25, 0.3) is 5.91 Å². The summed E-state index contributed by atoms with van der Waals surface area (Å²) in [6.45, 7) is 0.970. The van der Waals surface area contributed by atoms with Crippen molar-refractivity contribution in [2.75, 3.05) is 13.1 Å². The van der Waals surface area contributed by atoms with Crippen molar-refractivity contribution in [2.45, 2.75) is 23.8 Å². The molecule has 0 radical (unpaired) electrons. The highest BCUT2D eigenvalue weighted by molar-refractivity contribution is 7.89. The first-order valence-corrected chi connectivity index (χ1v) is 10.2. The molecule has 1 aliphatic heterocycles. The molecule has 1 aliphatic rings. The van der Waals surface area contributed by atoms with Gasteiger partial charge in [-0.25, -0.2) is 13.6 Å². The third kappa shape index (κ3) is 4.53. The van der Waals surface area contributed by atoms with E-state index in [1.807, 2.05) is 6.07 Å². The Bertz CT molecular complexity index is 927. The summed E-state index contributed by atoms with van der Waals surface area (Å²) in [4.78, 5) is 26.4. The Kier molecular flexibility index (Phi) is 5.57. The first-order chi connectivity index (χ1) is 12.9. The van der Waals surface area contributed by atoms with Crippen LogP contribution in [-0.2, 0) is 21.2 Å². The molecule has 8 heteroatoms. The monoisotopic (exact) mass is 387 g/mol. The Morgan fingerprint density at radius 3 is 2.30 bits per heavy atom. The maximum atomic E-state index is 12.4. The van der Waals surface area contributed by atoms with E-state index in [-0.39, 0.29) is 16.7 Å². The zero-order chi connectivity index (χ0) is 19.4. The van der Waals surface area contributed by atoms with E-state index in [9.17, 15) is 18.0 Å². The summed E-state index contributed by atoms with van der Waals surface area (Å²) >= 11 is 0. The maximum Gasteiger partial charge on any atom is 0.254 e. The van der Waals surface area contributed by atoms with Crippen molar-refractivity contribution in [3.05, 3.63) is 65.7 Å². The van der Waals surface area contributed by atoms with Gasteiger partial charge in [0.2, 0.25) is 15.9 Å². The summed E-state index contributed by atoms with van der Waals surface area (Å²) in [5, 5.41) is 7.90. The van der Waals surface area contributed by atoms with Crippen LogP contribution in [-0.4, -0.2) is 44.3 Å². The summed E-state index contributed by atoms with van der Waals surface area (Å²) in [5.41, 5.74) is 1.46. The van der Waals surface area contributed by atoms with Crippen LogP contribution in [0, 0.1) is 0 Å². The summed E-state index contributed by atoms with van der Waals surface area (Å²) in [5.74, 6) is -0.313. The van der Waals surface area contributed by atoms with Gasteiger partial charge in [0.15, 0.2) is 0 Å². The quantitative estimate of drug-likeness (QED) is 0.768. The Balaban J connectivity index is 1.50. The highest BCUT2D eigenvalue weighted by Crippen LogP contribution is 2.20. The lowest BCUT2D eigenvalue weighted by atomic mass is 10.00. The van der Waals surface area contributed by atoms with E-state index in [2.05, 4.69) is 5.32 Å². The van der Waals surface area contributed by atoms with Crippen molar-refractivity contribution in [1.82, 2.24) is 10.2 Å². The van der Waals surface area contributed by atoms with Gasteiger partial charge in [-0.2, -0.15) is 0 Å². The normalized spacial score (nSPS) is 16.5. The van der Waals surface area contributed by atoms with Crippen LogP contribution in [0.2, 0.25) is 0 Å². The van der Waals surface area contributed by atoms with E-state index in [0.717, 1.165) is 5.56 Å². The highest BCUT2D eigenvalue weighted by Gasteiger charge is 2.37. The number of primary sulfonamides is 1. The van der Waals surface area contributed by atoms with E-state index in [1.165, 1.54) is 12.1 Å². The fourth-order valence-corrected chi connectivity index (χ4v) is 3.46. The Morgan fingerprint density at radius 2 is 1.74 bits per heavy atom. The van der Waals surface area contributed by atoms with Gasteiger partial charge in [-0.15, -0.1) is 0 Å². The second-order valence-electron chi connectivity index (χ2n) is 6.40. The molecule has 0 saturated carbocycles. The van der Waals surface area contributed by atoms with Crippen LogP contribution in [0.4, 0.5) is 0 Å². The molecule has 0 spiro atoms. The number of sulfonamides is 1. The Labute approximate surface area is 158 Å². The number of carbonyl (C=O) groups excluding carboxylic acids is 2. The molecular formula is C19H21N3O4S. The molecule has 2 amide bonds. The van der Waals surface area contributed by atoms with Crippen LogP contribution < -0.4 is 10.5 Å². The highest BCUT2D eigenvalue weighted by atomic mass is 32.2. The van der Waals surface area contributed by atoms with Crippen molar-refractivity contribution in [2.24, 2.45) is 5.14 Å². The van der Waals surface area contributed by atoms with Crippen LogP contribution in [0.25, 0.3) is 0 Å². The van der Waals surface area contributed by atoms with Crippen LogP contribution in [0.5, 0.6) is 0 Å². The van der Waals surface area contributed by atoms with Crippen molar-refractivity contribution < 1.29 is 18.0 Å². The zero-order valence-electron chi connectivity index (χ0n) is 14.7. The van der Waals surface area contributed by atoms with Gasteiger partial charge in [-0.3, -0.25) is 9.59 Å². The molecule has 1 atom stereocenters. The van der Waals surface area contributed by atoms with Crippen molar-refractivity contribution in [1.29, 1.82) is 0 Å². The molecule has 1 saturated heterocycles. The lowest BCUT2D eigenvalue weighted by molar-refractivity contribution is -0.129. The lowest BCUT2D eigenvalue weighted by Gasteiger charge is -2.39. The molecule has 3 N–H and O–H groups in total. The number of nitrogens with two attached hydrogens (primary N) is 1. The van der Waals surface area contributed by atoms with Crippen LogP contribution in [0.3, 0.4) is 0 Å². The second kappa shape index (κ2) is 7.89. The van der Waals surface area contributed by atoms with Crippen LogP contribution >= 0.6 is 0 Å². The SMILES string of the molecule is NS(=O)(=O)c1ccc(CCNC(=O)C2CCN2C(=O)c2ccccc2)cc1. The standard InChI is InChI=1S/C19H21N3O4S/c20-27(25,26)16-8-6-14(7-9-16)10-12-21-18(23)17-11-13-22(17)19(24)15-4-2-1-3-5-15/h1-9,17H,10-13H2,(H,21,23)(H2,20,25,26). The molecule has 27 heavy (non-hydrogen) atoms. The second-order valence-corrected chi connectivity index (χ2v) is 7.96. The molecule has 7 nitrogen and oxygen atoms in total. The maximum absolute atomic E-state index is 12.4. The molecule has 2 aromatic rings. The smallest absolute Gasteiger partial charge is 0.254 e. The number of amides is 2. The number of nitrogens with zero attached hydrogens (tertiary/aromatic N) is 1. The summed E-state index contributed by atoms with van der Waals surface area (Å²) in [6, 6.07) is 14.7. The van der Waals surface area contributed by atoms with Gasteiger partial charge in [0, 0.05) is 18.7 Å². The van der Waals surface area contributed by atoms with E-state index < -0.39 is 16.1 Å². The van der Waals surface area contributed by atoms with E-state index in [4.69, 9.17) is 5.14 Å².